The molecule has 2 heterocycles. The Hall–Kier alpha value is -3.44. The number of anilines is 1. The lowest BCUT2D eigenvalue weighted by Crippen LogP contribution is -2.32. The molecule has 6 nitrogen and oxygen atoms in total. The molecule has 4 rings (SSSR count). The third-order valence-corrected chi connectivity index (χ3v) is 4.87. The number of nitrogen functional groups attached to an aromatic ring is 1. The normalized spacial score (nSPS) is 18.4. The van der Waals surface area contributed by atoms with Gasteiger partial charge in [0.25, 0.3) is 0 Å². The zero-order valence-corrected chi connectivity index (χ0v) is 16.2. The van der Waals surface area contributed by atoms with Crippen LogP contribution in [0.15, 0.2) is 42.7 Å². The zero-order valence-electron chi connectivity index (χ0n) is 16.2. The number of carboxylic acids is 1. The van der Waals surface area contributed by atoms with Gasteiger partial charge in [-0.3, -0.25) is 4.98 Å². The summed E-state index contributed by atoms with van der Waals surface area (Å²) in [6, 6.07) is 8.23. The molecule has 0 saturated heterocycles. The van der Waals surface area contributed by atoms with Gasteiger partial charge in [0, 0.05) is 23.3 Å². The van der Waals surface area contributed by atoms with Crippen LogP contribution in [0.1, 0.15) is 30.0 Å². The highest BCUT2D eigenvalue weighted by Crippen LogP contribution is 2.40. The number of halogens is 6. The van der Waals surface area contributed by atoms with Gasteiger partial charge < -0.3 is 20.6 Å². The summed E-state index contributed by atoms with van der Waals surface area (Å²) in [6.07, 6.45) is -4.86. The van der Waals surface area contributed by atoms with E-state index in [1.807, 2.05) is 18.2 Å². The Morgan fingerprint density at radius 1 is 1.12 bits per heavy atom. The number of alkyl halides is 6. The molecule has 0 unspecified atom stereocenters. The van der Waals surface area contributed by atoms with Crippen molar-refractivity contribution in [2.45, 2.75) is 37.2 Å². The number of aromatic nitrogens is 2. The highest BCUT2D eigenvalue weighted by atomic mass is 19.4. The maximum Gasteiger partial charge on any atom is 0.490 e. The first-order chi connectivity index (χ1) is 14.8. The Kier molecular flexibility index (Phi) is 6.24. The van der Waals surface area contributed by atoms with Crippen LogP contribution in [0.2, 0.25) is 0 Å². The summed E-state index contributed by atoms with van der Waals surface area (Å²) in [6.45, 7) is 0. The second kappa shape index (κ2) is 8.60. The number of nitrogens with one attached hydrogen (secondary N) is 1. The molecule has 0 aliphatic heterocycles. The van der Waals surface area contributed by atoms with Crippen molar-refractivity contribution in [3.05, 3.63) is 54.0 Å². The number of benzene rings is 1. The number of aromatic amines is 1. The number of hydrogen-bond donors (Lipinski definition) is 3. The predicted molar refractivity (Wildman–Crippen MR) is 102 cm³/mol. The van der Waals surface area contributed by atoms with Gasteiger partial charge in [-0.1, -0.05) is 6.07 Å². The Balaban J connectivity index is 0.000000360. The second-order valence-electron chi connectivity index (χ2n) is 7.14. The van der Waals surface area contributed by atoms with Crippen molar-refractivity contribution >= 4 is 22.6 Å². The first kappa shape index (κ1) is 23.2. The molecule has 1 aliphatic rings. The molecule has 32 heavy (non-hydrogen) atoms. The van der Waals surface area contributed by atoms with Crippen molar-refractivity contribution in [3.8, 4) is 5.75 Å². The summed E-state index contributed by atoms with van der Waals surface area (Å²) < 4.78 is 75.3. The molecular weight excluding hydrogens is 444 g/mol. The Bertz CT molecular complexity index is 1090. The van der Waals surface area contributed by atoms with Crippen LogP contribution in [0.3, 0.4) is 0 Å². The highest BCUT2D eigenvalue weighted by Gasteiger charge is 2.38. The van der Waals surface area contributed by atoms with Crippen LogP contribution in [-0.2, 0) is 11.0 Å². The maximum absolute atomic E-state index is 12.5. The average molecular weight is 461 g/mol. The Labute approximate surface area is 177 Å². The summed E-state index contributed by atoms with van der Waals surface area (Å²) in [7, 11) is 0. The van der Waals surface area contributed by atoms with Crippen molar-refractivity contribution in [3.63, 3.8) is 0 Å². The van der Waals surface area contributed by atoms with E-state index in [1.165, 1.54) is 12.3 Å². The fourth-order valence-corrected chi connectivity index (χ4v) is 3.14. The molecule has 1 aromatic carbocycles. The lowest BCUT2D eigenvalue weighted by atomic mass is 9.78. The molecule has 1 saturated carbocycles. The van der Waals surface area contributed by atoms with E-state index < -0.39 is 24.0 Å². The van der Waals surface area contributed by atoms with Crippen LogP contribution in [0.5, 0.6) is 5.75 Å². The number of carbonyl (C=O) groups is 1. The van der Waals surface area contributed by atoms with Gasteiger partial charge in [-0.25, -0.2) is 4.79 Å². The summed E-state index contributed by atoms with van der Waals surface area (Å²) in [5, 5.41) is 8.04. The number of ether oxygens (including phenoxy) is 1. The van der Waals surface area contributed by atoms with Crippen molar-refractivity contribution in [2.24, 2.45) is 0 Å². The molecule has 3 aromatic rings. The number of nitrogens with two attached hydrogens (primary N) is 1. The van der Waals surface area contributed by atoms with Crippen molar-refractivity contribution in [1.82, 2.24) is 9.97 Å². The standard InChI is InChI=1S/C18H16F3N3O.C2HF3O2/c19-18(20,21)17-4-1-10(8-24-17)11-5-13(6-11)25-12-2-3-16-14(7-12)15(22)9-23-16;3-2(4,5)1(6)7/h1-4,7-9,11,13,23H,5-6,22H2;(H,6,7). The highest BCUT2D eigenvalue weighted by molar-refractivity contribution is 5.92. The van der Waals surface area contributed by atoms with E-state index >= 15 is 0 Å². The van der Waals surface area contributed by atoms with Crippen LogP contribution in [-0.4, -0.2) is 33.3 Å². The predicted octanol–water partition coefficient (Wildman–Crippen LogP) is 5.12. The minimum absolute atomic E-state index is 0.0462. The monoisotopic (exact) mass is 461 g/mol. The van der Waals surface area contributed by atoms with Crippen LogP contribution in [0.4, 0.5) is 32.0 Å². The first-order valence-corrected chi connectivity index (χ1v) is 9.21. The molecule has 12 heteroatoms. The van der Waals surface area contributed by atoms with Gasteiger partial charge >= 0.3 is 18.3 Å². The lowest BCUT2D eigenvalue weighted by molar-refractivity contribution is -0.192. The number of hydrogen-bond acceptors (Lipinski definition) is 4. The van der Waals surface area contributed by atoms with E-state index in [0.717, 1.165) is 41.1 Å². The number of nitrogens with zero attached hydrogens (tertiary/aromatic N) is 1. The third-order valence-electron chi connectivity index (χ3n) is 4.87. The van der Waals surface area contributed by atoms with E-state index in [9.17, 15) is 26.3 Å². The van der Waals surface area contributed by atoms with E-state index in [1.54, 1.807) is 6.20 Å². The van der Waals surface area contributed by atoms with Crippen LogP contribution < -0.4 is 10.5 Å². The molecule has 0 radical (unpaired) electrons. The van der Waals surface area contributed by atoms with Crippen molar-refractivity contribution < 1.29 is 41.0 Å². The fraction of sp³-hybridized carbons (Fsp3) is 0.300. The minimum atomic E-state index is -5.08. The molecule has 1 fully saturated rings. The molecule has 1 aliphatic carbocycles. The van der Waals surface area contributed by atoms with Gasteiger partial charge in [-0.15, -0.1) is 0 Å². The number of rotatable bonds is 3. The van der Waals surface area contributed by atoms with E-state index in [-0.39, 0.29) is 12.0 Å². The molecular formula is C20H17F6N3O3. The molecule has 0 amide bonds. The number of carboxylic acid groups (broad SMARTS) is 1. The lowest BCUT2D eigenvalue weighted by Gasteiger charge is -2.35. The number of aliphatic carboxylic acids is 1. The van der Waals surface area contributed by atoms with Gasteiger partial charge in [0.2, 0.25) is 0 Å². The number of H-pyrrole nitrogens is 1. The van der Waals surface area contributed by atoms with Crippen LogP contribution >= 0.6 is 0 Å². The zero-order chi connectivity index (χ0) is 23.7. The largest absolute Gasteiger partial charge is 0.490 e. The quantitative estimate of drug-likeness (QED) is 0.470. The van der Waals surface area contributed by atoms with Crippen molar-refractivity contribution in [1.29, 1.82) is 0 Å². The summed E-state index contributed by atoms with van der Waals surface area (Å²) in [4.78, 5) is 15.5. The molecule has 0 bridgehead atoms. The Morgan fingerprint density at radius 3 is 2.31 bits per heavy atom. The topological polar surface area (TPSA) is 101 Å². The van der Waals surface area contributed by atoms with Crippen LogP contribution in [0, 0.1) is 0 Å². The van der Waals surface area contributed by atoms with Gasteiger partial charge in [-0.2, -0.15) is 26.3 Å². The molecule has 2 aromatic heterocycles. The molecule has 4 N–H and O–H groups in total. The summed E-state index contributed by atoms with van der Waals surface area (Å²) in [5.41, 5.74) is 7.47. The van der Waals surface area contributed by atoms with Gasteiger partial charge in [0.1, 0.15) is 11.4 Å². The van der Waals surface area contributed by atoms with E-state index in [0.29, 0.717) is 5.69 Å². The second-order valence-corrected chi connectivity index (χ2v) is 7.14. The molecule has 172 valence electrons. The maximum atomic E-state index is 12.5. The number of pyridine rings is 1. The third kappa shape index (κ3) is 5.42. The van der Waals surface area contributed by atoms with Crippen LogP contribution in [0.25, 0.3) is 10.9 Å². The SMILES string of the molecule is Nc1c[nH]c2ccc(OC3CC(c4ccc(C(F)(F)F)nc4)C3)cc12.O=C(O)C(F)(F)F. The van der Waals surface area contributed by atoms with E-state index in [4.69, 9.17) is 20.4 Å². The van der Waals surface area contributed by atoms with Gasteiger partial charge in [0.15, 0.2) is 0 Å². The molecule has 0 spiro atoms. The average Bonchev–Trinajstić information content (AvgIpc) is 3.04. The summed E-state index contributed by atoms with van der Waals surface area (Å²) in [5.74, 6) is -1.83. The van der Waals surface area contributed by atoms with Gasteiger partial charge in [-0.05, 0) is 48.6 Å². The van der Waals surface area contributed by atoms with Gasteiger partial charge in [0.05, 0.1) is 11.8 Å². The fourth-order valence-electron chi connectivity index (χ4n) is 3.14. The smallest absolute Gasteiger partial charge is 0.490 e. The van der Waals surface area contributed by atoms with E-state index in [2.05, 4.69) is 9.97 Å². The first-order valence-electron chi connectivity index (χ1n) is 9.21. The molecule has 0 atom stereocenters. The summed E-state index contributed by atoms with van der Waals surface area (Å²) >= 11 is 0. The van der Waals surface area contributed by atoms with Crippen molar-refractivity contribution in [2.75, 3.05) is 5.73 Å². The number of fused-ring (bicyclic) bond motifs is 1. The Morgan fingerprint density at radius 2 is 1.78 bits per heavy atom. The minimum Gasteiger partial charge on any atom is -0.490 e.